The van der Waals surface area contributed by atoms with Gasteiger partial charge in [0.15, 0.2) is 17.5 Å². The third-order valence-electron chi connectivity index (χ3n) is 11.1. The molecule has 0 amide bonds. The number of hydrogen-bond donors (Lipinski definition) is 0. The Hall–Kier alpha value is -7.90. The normalized spacial score (nSPS) is 11.9. The smallest absolute Gasteiger partial charge is 0.164 e. The van der Waals surface area contributed by atoms with Crippen molar-refractivity contribution >= 4 is 65.6 Å². The number of benzene rings is 7. The number of aromatic nitrogens is 6. The average Bonchev–Trinajstić information content (AvgIpc) is 3.95. The first kappa shape index (κ1) is 31.5. The van der Waals surface area contributed by atoms with Gasteiger partial charge in [-0.1, -0.05) is 97.1 Å². The van der Waals surface area contributed by atoms with Gasteiger partial charge in [0.05, 0.1) is 44.7 Å². The van der Waals surface area contributed by atoms with Crippen LogP contribution in [0.2, 0.25) is 0 Å². The minimum absolute atomic E-state index is 0.622. The quantitative estimate of drug-likeness (QED) is 0.176. The molecule has 7 aromatic carbocycles. The summed E-state index contributed by atoms with van der Waals surface area (Å²) in [6, 6.07) is 58.7. The van der Waals surface area contributed by atoms with Crippen LogP contribution in [0.25, 0.3) is 111 Å². The van der Waals surface area contributed by atoms with Crippen molar-refractivity contribution in [2.75, 3.05) is 0 Å². The third-order valence-corrected chi connectivity index (χ3v) is 11.1. The highest BCUT2D eigenvalue weighted by Gasteiger charge is 2.22. The Morgan fingerprint density at radius 3 is 1.33 bits per heavy atom. The Kier molecular flexibility index (Phi) is 6.79. The summed E-state index contributed by atoms with van der Waals surface area (Å²) in [7, 11) is 0. The molecule has 0 bridgehead atoms. The van der Waals surface area contributed by atoms with Crippen LogP contribution in [-0.4, -0.2) is 29.1 Å². The second kappa shape index (κ2) is 12.3. The van der Waals surface area contributed by atoms with Gasteiger partial charge in [-0.05, 0) is 72.8 Å². The van der Waals surface area contributed by atoms with Crippen LogP contribution in [-0.2, 0) is 0 Å². The van der Waals surface area contributed by atoms with E-state index in [-0.39, 0.29) is 0 Å². The van der Waals surface area contributed by atoms with Crippen molar-refractivity contribution in [3.63, 3.8) is 0 Å². The molecule has 7 heteroatoms. The van der Waals surface area contributed by atoms with Crippen LogP contribution in [0.1, 0.15) is 0 Å². The molecular formula is C50H30N6O. The SMILES string of the molecule is c1ccc(-c2nc(-c3ccccc3)nc(-c3ccc(-n4c5ccccc5c5c6oc7c(ccc8c7c7ccccc7n8-c7cccnc7)c6ccc54)cc3)n2)cc1. The standard InChI is InChI=1S/C50H30N6O/c1-3-12-31(13-4-1)48-52-49(32-14-5-2-6-15-32)54-50(53-48)33-21-23-34(24-22-33)55-40-19-9-7-17-38(40)44-42(55)27-25-36-37-26-28-43-45(47(37)57-46(36)44)39-18-8-10-20-41(39)56(43)35-16-11-29-51-30-35/h1-30H. The molecule has 7 nitrogen and oxygen atoms in total. The molecule has 0 aliphatic heterocycles. The van der Waals surface area contributed by atoms with Gasteiger partial charge in [0.1, 0.15) is 11.2 Å². The molecule has 5 aromatic heterocycles. The van der Waals surface area contributed by atoms with Crippen molar-refractivity contribution < 1.29 is 4.42 Å². The summed E-state index contributed by atoms with van der Waals surface area (Å²) in [5.41, 5.74) is 11.0. The molecule has 0 radical (unpaired) electrons. The highest BCUT2D eigenvalue weighted by atomic mass is 16.3. The zero-order valence-corrected chi connectivity index (χ0v) is 30.4. The van der Waals surface area contributed by atoms with Crippen LogP contribution in [0.3, 0.4) is 0 Å². The predicted octanol–water partition coefficient (Wildman–Crippen LogP) is 12.4. The maximum absolute atomic E-state index is 7.10. The number of para-hydroxylation sites is 2. The van der Waals surface area contributed by atoms with Crippen LogP contribution >= 0.6 is 0 Å². The van der Waals surface area contributed by atoms with Gasteiger partial charge in [-0.3, -0.25) is 4.98 Å². The summed E-state index contributed by atoms with van der Waals surface area (Å²) in [4.78, 5) is 19.2. The number of pyridine rings is 1. The fraction of sp³-hybridized carbons (Fsp3) is 0. The van der Waals surface area contributed by atoms with E-state index in [4.69, 9.17) is 19.4 Å². The average molecular weight is 731 g/mol. The molecule has 0 atom stereocenters. The summed E-state index contributed by atoms with van der Waals surface area (Å²) in [5, 5.41) is 6.65. The lowest BCUT2D eigenvalue weighted by Gasteiger charge is -2.10. The van der Waals surface area contributed by atoms with Gasteiger partial charge in [0, 0.05) is 50.1 Å². The maximum atomic E-state index is 7.10. The van der Waals surface area contributed by atoms with Crippen LogP contribution in [0.15, 0.2) is 187 Å². The van der Waals surface area contributed by atoms with Crippen molar-refractivity contribution in [1.29, 1.82) is 0 Å². The summed E-state index contributed by atoms with van der Waals surface area (Å²) in [5.74, 6) is 1.90. The van der Waals surface area contributed by atoms with Crippen molar-refractivity contribution in [1.82, 2.24) is 29.1 Å². The number of fused-ring (bicyclic) bond motifs is 11. The predicted molar refractivity (Wildman–Crippen MR) is 230 cm³/mol. The Bertz CT molecular complexity index is 3440. The van der Waals surface area contributed by atoms with Crippen molar-refractivity contribution in [2.24, 2.45) is 0 Å². The second-order valence-corrected chi connectivity index (χ2v) is 14.3. The van der Waals surface area contributed by atoms with Crippen LogP contribution in [0, 0.1) is 0 Å². The highest BCUT2D eigenvalue weighted by Crippen LogP contribution is 2.44. The van der Waals surface area contributed by atoms with E-state index in [0.29, 0.717) is 17.5 Å². The van der Waals surface area contributed by atoms with Crippen LogP contribution < -0.4 is 0 Å². The topological polar surface area (TPSA) is 74.6 Å². The molecule has 57 heavy (non-hydrogen) atoms. The molecule has 0 unspecified atom stereocenters. The Balaban J connectivity index is 1.04. The first-order chi connectivity index (χ1) is 28.3. The molecule has 12 rings (SSSR count). The van der Waals surface area contributed by atoms with E-state index >= 15 is 0 Å². The van der Waals surface area contributed by atoms with Crippen molar-refractivity contribution in [3.05, 3.63) is 182 Å². The zero-order chi connectivity index (χ0) is 37.5. The van der Waals surface area contributed by atoms with Gasteiger partial charge < -0.3 is 13.6 Å². The molecule has 266 valence electrons. The molecule has 12 aromatic rings. The number of rotatable bonds is 5. The van der Waals surface area contributed by atoms with Crippen LogP contribution in [0.4, 0.5) is 0 Å². The largest absolute Gasteiger partial charge is 0.455 e. The third kappa shape index (κ3) is 4.79. The van der Waals surface area contributed by atoms with E-state index < -0.39 is 0 Å². The molecule has 0 fully saturated rings. The van der Waals surface area contributed by atoms with E-state index in [1.807, 2.05) is 79.1 Å². The van der Waals surface area contributed by atoms with E-state index in [1.54, 1.807) is 0 Å². The summed E-state index contributed by atoms with van der Waals surface area (Å²) in [6.45, 7) is 0. The maximum Gasteiger partial charge on any atom is 0.164 e. The number of furan rings is 1. The minimum Gasteiger partial charge on any atom is -0.455 e. The van der Waals surface area contributed by atoms with E-state index in [9.17, 15) is 0 Å². The van der Waals surface area contributed by atoms with Gasteiger partial charge >= 0.3 is 0 Å². The van der Waals surface area contributed by atoms with Gasteiger partial charge in [-0.15, -0.1) is 0 Å². The van der Waals surface area contributed by atoms with Gasteiger partial charge in [-0.2, -0.15) is 0 Å². The van der Waals surface area contributed by atoms with E-state index in [0.717, 1.165) is 93.6 Å². The van der Waals surface area contributed by atoms with Gasteiger partial charge in [-0.25, -0.2) is 15.0 Å². The molecule has 0 N–H and O–H groups in total. The second-order valence-electron chi connectivity index (χ2n) is 14.3. The van der Waals surface area contributed by atoms with Crippen molar-refractivity contribution in [3.8, 4) is 45.5 Å². The lowest BCUT2D eigenvalue weighted by atomic mass is 10.1. The Morgan fingerprint density at radius 1 is 0.351 bits per heavy atom. The molecule has 0 saturated carbocycles. The molecule has 0 spiro atoms. The highest BCUT2D eigenvalue weighted by molar-refractivity contribution is 6.29. The summed E-state index contributed by atoms with van der Waals surface area (Å²) < 4.78 is 11.7. The van der Waals surface area contributed by atoms with E-state index in [2.05, 4.69) is 117 Å². The molecule has 5 heterocycles. The summed E-state index contributed by atoms with van der Waals surface area (Å²) >= 11 is 0. The summed E-state index contributed by atoms with van der Waals surface area (Å²) in [6.07, 6.45) is 3.72. The minimum atomic E-state index is 0.622. The molecule has 0 aliphatic carbocycles. The lowest BCUT2D eigenvalue weighted by Crippen LogP contribution is -2.00. The van der Waals surface area contributed by atoms with Crippen molar-refractivity contribution in [2.45, 2.75) is 0 Å². The number of nitrogens with zero attached hydrogens (tertiary/aromatic N) is 6. The van der Waals surface area contributed by atoms with Gasteiger partial charge in [0.2, 0.25) is 0 Å². The van der Waals surface area contributed by atoms with Gasteiger partial charge in [0.25, 0.3) is 0 Å². The van der Waals surface area contributed by atoms with Crippen LogP contribution in [0.5, 0.6) is 0 Å². The lowest BCUT2D eigenvalue weighted by molar-refractivity contribution is 0.677. The monoisotopic (exact) mass is 730 g/mol. The van der Waals surface area contributed by atoms with E-state index in [1.165, 1.54) is 0 Å². The Morgan fingerprint density at radius 2 is 0.825 bits per heavy atom. The zero-order valence-electron chi connectivity index (χ0n) is 30.4. The molecule has 0 aliphatic rings. The first-order valence-corrected chi connectivity index (χ1v) is 19.0. The Labute approximate surface area is 325 Å². The fourth-order valence-electron chi connectivity index (χ4n) is 8.54. The number of hydrogen-bond acceptors (Lipinski definition) is 5. The molecular weight excluding hydrogens is 701 g/mol. The molecule has 0 saturated heterocycles. The first-order valence-electron chi connectivity index (χ1n) is 19.0. The fourth-order valence-corrected chi connectivity index (χ4v) is 8.54.